The van der Waals surface area contributed by atoms with Crippen molar-refractivity contribution in [1.82, 2.24) is 25.1 Å². The maximum Gasteiger partial charge on any atom is 0.183 e. The molecule has 1 aliphatic carbocycles. The molecule has 0 aliphatic heterocycles. The minimum atomic E-state index is -0.396. The Morgan fingerprint density at radius 1 is 1.20 bits per heavy atom. The second-order valence-electron chi connectivity index (χ2n) is 6.87. The molecule has 0 bridgehead atoms. The first kappa shape index (κ1) is 15.9. The molecule has 0 amide bonds. The second-order valence-corrected chi connectivity index (χ2v) is 6.87. The van der Waals surface area contributed by atoms with Gasteiger partial charge in [0.2, 0.25) is 0 Å². The number of nitrogens with zero attached hydrogens (tertiary/aromatic N) is 4. The van der Waals surface area contributed by atoms with Crippen molar-refractivity contribution in [1.29, 1.82) is 0 Å². The van der Waals surface area contributed by atoms with Gasteiger partial charge in [0.25, 0.3) is 0 Å². The first-order valence-corrected chi connectivity index (χ1v) is 8.72. The zero-order valence-electron chi connectivity index (χ0n) is 14.4. The highest BCUT2D eigenvalue weighted by Crippen LogP contribution is 2.36. The average molecular weight is 340 g/mol. The summed E-state index contributed by atoms with van der Waals surface area (Å²) in [5.74, 6) is 2.76. The smallest absolute Gasteiger partial charge is 0.183 e. The van der Waals surface area contributed by atoms with Crippen molar-refractivity contribution in [3.63, 3.8) is 0 Å². The van der Waals surface area contributed by atoms with Gasteiger partial charge in [-0.05, 0) is 25.3 Å². The average Bonchev–Trinajstić information content (AvgIpc) is 2.97. The zero-order chi connectivity index (χ0) is 17.4. The van der Waals surface area contributed by atoms with Gasteiger partial charge in [-0.25, -0.2) is 19.3 Å². The molecule has 1 aliphatic rings. The molecule has 1 saturated carbocycles. The van der Waals surface area contributed by atoms with Gasteiger partial charge < -0.3 is 5.32 Å². The largest absolute Gasteiger partial charge is 0.325 e. The Morgan fingerprint density at radius 2 is 2.04 bits per heavy atom. The Morgan fingerprint density at radius 3 is 2.88 bits per heavy atom. The van der Waals surface area contributed by atoms with Gasteiger partial charge in [0.05, 0.1) is 11.6 Å². The number of aryl methyl sites for hydroxylation is 1. The van der Waals surface area contributed by atoms with Crippen molar-refractivity contribution in [2.45, 2.75) is 45.4 Å². The van der Waals surface area contributed by atoms with E-state index in [1.807, 2.05) is 13.0 Å². The first-order valence-electron chi connectivity index (χ1n) is 8.72. The van der Waals surface area contributed by atoms with Crippen LogP contribution in [0.1, 0.15) is 50.0 Å². The molecule has 7 heteroatoms. The highest BCUT2D eigenvalue weighted by Gasteiger charge is 2.25. The van der Waals surface area contributed by atoms with E-state index in [-0.39, 0.29) is 0 Å². The summed E-state index contributed by atoms with van der Waals surface area (Å²) in [6.45, 7) is 4.25. The van der Waals surface area contributed by atoms with Gasteiger partial charge in [-0.2, -0.15) is 5.10 Å². The highest BCUT2D eigenvalue weighted by atomic mass is 19.1. The van der Waals surface area contributed by atoms with E-state index < -0.39 is 5.82 Å². The molecule has 0 unspecified atom stereocenters. The fourth-order valence-corrected chi connectivity index (χ4v) is 3.62. The monoisotopic (exact) mass is 340 g/mol. The van der Waals surface area contributed by atoms with E-state index in [9.17, 15) is 4.39 Å². The predicted octanol–water partition coefficient (Wildman–Crippen LogP) is 4.23. The Kier molecular flexibility index (Phi) is 4.07. The fraction of sp³-hybridized carbons (Fsp3) is 0.444. The van der Waals surface area contributed by atoms with E-state index in [1.54, 1.807) is 0 Å². The molecule has 2 atom stereocenters. The van der Waals surface area contributed by atoms with E-state index in [1.165, 1.54) is 25.3 Å². The molecule has 4 rings (SSSR count). The Hall–Kier alpha value is -2.57. The van der Waals surface area contributed by atoms with Crippen LogP contribution in [0.15, 0.2) is 18.3 Å². The number of pyridine rings is 1. The summed E-state index contributed by atoms with van der Waals surface area (Å²) in [6.07, 6.45) is 6.02. The lowest BCUT2D eigenvalue weighted by Gasteiger charge is -2.27. The van der Waals surface area contributed by atoms with Crippen LogP contribution in [-0.4, -0.2) is 25.1 Å². The van der Waals surface area contributed by atoms with Crippen molar-refractivity contribution < 1.29 is 4.39 Å². The van der Waals surface area contributed by atoms with Crippen LogP contribution >= 0.6 is 0 Å². The standard InChI is InChI=1S/C18H21FN6/c1-10-5-3-4-6-13(10)17-21-11(2)7-15(22-17)23-18-14-8-12(19)9-20-16(14)24-25-18/h7-10,13H,3-6H2,1-2H3,(H2,20,21,22,23,24,25)/t10-,13+/m0/s1. The van der Waals surface area contributed by atoms with Gasteiger partial charge in [-0.3, -0.25) is 5.10 Å². The Balaban J connectivity index is 1.67. The molecular weight excluding hydrogens is 319 g/mol. The number of hydrogen-bond acceptors (Lipinski definition) is 5. The van der Waals surface area contributed by atoms with Crippen molar-refractivity contribution in [3.05, 3.63) is 35.7 Å². The molecule has 25 heavy (non-hydrogen) atoms. The number of fused-ring (bicyclic) bond motifs is 1. The molecule has 0 spiro atoms. The van der Waals surface area contributed by atoms with Crippen LogP contribution in [0.5, 0.6) is 0 Å². The molecule has 3 aromatic heterocycles. The molecule has 0 aromatic carbocycles. The third-order valence-corrected chi connectivity index (χ3v) is 4.94. The van der Waals surface area contributed by atoms with E-state index in [0.29, 0.717) is 34.5 Å². The quantitative estimate of drug-likeness (QED) is 0.746. The molecule has 0 radical (unpaired) electrons. The highest BCUT2D eigenvalue weighted by molar-refractivity contribution is 5.88. The minimum Gasteiger partial charge on any atom is -0.325 e. The number of halogens is 1. The summed E-state index contributed by atoms with van der Waals surface area (Å²) >= 11 is 0. The lowest BCUT2D eigenvalue weighted by Crippen LogP contribution is -2.18. The normalized spacial score (nSPS) is 20.8. The molecule has 6 nitrogen and oxygen atoms in total. The summed E-state index contributed by atoms with van der Waals surface area (Å²) < 4.78 is 13.5. The molecule has 3 heterocycles. The Labute approximate surface area is 145 Å². The predicted molar refractivity (Wildman–Crippen MR) is 94.3 cm³/mol. The van der Waals surface area contributed by atoms with Gasteiger partial charge >= 0.3 is 0 Å². The van der Waals surface area contributed by atoms with Crippen molar-refractivity contribution in [2.24, 2.45) is 5.92 Å². The van der Waals surface area contributed by atoms with E-state index in [4.69, 9.17) is 4.98 Å². The van der Waals surface area contributed by atoms with Crippen LogP contribution in [-0.2, 0) is 0 Å². The van der Waals surface area contributed by atoms with Gasteiger partial charge in [-0.1, -0.05) is 26.2 Å². The number of nitrogens with one attached hydrogen (secondary N) is 2. The zero-order valence-corrected chi connectivity index (χ0v) is 14.4. The van der Waals surface area contributed by atoms with Gasteiger partial charge in [0, 0.05) is 17.7 Å². The summed E-state index contributed by atoms with van der Waals surface area (Å²) in [6, 6.07) is 3.29. The first-order chi connectivity index (χ1) is 12.1. The number of H-pyrrole nitrogens is 1. The van der Waals surface area contributed by atoms with Crippen molar-refractivity contribution in [2.75, 3.05) is 5.32 Å². The van der Waals surface area contributed by atoms with Gasteiger partial charge in [0.15, 0.2) is 5.65 Å². The summed E-state index contributed by atoms with van der Waals surface area (Å²) in [7, 11) is 0. The topological polar surface area (TPSA) is 79.4 Å². The fourth-order valence-electron chi connectivity index (χ4n) is 3.62. The maximum absolute atomic E-state index is 13.5. The van der Waals surface area contributed by atoms with Crippen LogP contribution in [0.25, 0.3) is 11.0 Å². The second kappa shape index (κ2) is 6.38. The molecule has 1 fully saturated rings. The van der Waals surface area contributed by atoms with E-state index in [2.05, 4.69) is 32.4 Å². The van der Waals surface area contributed by atoms with Crippen LogP contribution in [0.2, 0.25) is 0 Å². The van der Waals surface area contributed by atoms with E-state index >= 15 is 0 Å². The van der Waals surface area contributed by atoms with Crippen LogP contribution in [0, 0.1) is 18.7 Å². The third kappa shape index (κ3) is 3.18. The lowest BCUT2D eigenvalue weighted by molar-refractivity contribution is 0.319. The SMILES string of the molecule is Cc1cc(Nc2[nH]nc3ncc(F)cc23)nc([C@@H]2CCCC[C@@H]2C)n1. The molecular formula is C18H21FN6. The van der Waals surface area contributed by atoms with Gasteiger partial charge in [-0.15, -0.1) is 0 Å². The Bertz CT molecular complexity index is 906. The van der Waals surface area contributed by atoms with Crippen LogP contribution in [0.4, 0.5) is 16.0 Å². The maximum atomic E-state index is 13.5. The lowest BCUT2D eigenvalue weighted by atomic mass is 9.80. The summed E-state index contributed by atoms with van der Waals surface area (Å²) in [5, 5.41) is 10.8. The summed E-state index contributed by atoms with van der Waals surface area (Å²) in [5.41, 5.74) is 1.38. The summed E-state index contributed by atoms with van der Waals surface area (Å²) in [4.78, 5) is 13.4. The molecule has 3 aromatic rings. The number of rotatable bonds is 3. The number of anilines is 2. The van der Waals surface area contributed by atoms with Crippen molar-refractivity contribution >= 4 is 22.7 Å². The number of aromatic nitrogens is 5. The molecule has 0 saturated heterocycles. The van der Waals surface area contributed by atoms with Gasteiger partial charge in [0.1, 0.15) is 23.3 Å². The van der Waals surface area contributed by atoms with E-state index in [0.717, 1.165) is 24.1 Å². The number of aromatic amines is 1. The van der Waals surface area contributed by atoms with Crippen LogP contribution < -0.4 is 5.32 Å². The number of hydrogen-bond donors (Lipinski definition) is 2. The minimum absolute atomic E-state index is 0.395. The third-order valence-electron chi connectivity index (χ3n) is 4.94. The molecule has 2 N–H and O–H groups in total. The van der Waals surface area contributed by atoms with Crippen molar-refractivity contribution in [3.8, 4) is 0 Å². The van der Waals surface area contributed by atoms with Crippen LogP contribution in [0.3, 0.4) is 0 Å². The molecule has 130 valence electrons.